The van der Waals surface area contributed by atoms with Crippen molar-refractivity contribution < 1.29 is 8.78 Å². The third kappa shape index (κ3) is 1.78. The van der Waals surface area contributed by atoms with E-state index in [9.17, 15) is 8.78 Å². The fourth-order valence-electron chi connectivity index (χ4n) is 0.703. The zero-order chi connectivity index (χ0) is 10.2. The molecule has 0 fully saturated rings. The first-order valence-electron chi connectivity index (χ1n) is 2.92. The van der Waals surface area contributed by atoms with Crippen LogP contribution in [0, 0.1) is 23.0 Å². The third-order valence-electron chi connectivity index (χ3n) is 1.32. The number of halogens is 5. The topological polar surface area (TPSA) is 23.8 Å². The normalized spacial score (nSPS) is 9.85. The van der Waals surface area contributed by atoms with Crippen molar-refractivity contribution in [2.45, 2.75) is 0 Å². The molecule has 0 aliphatic heterocycles. The van der Waals surface area contributed by atoms with Crippen LogP contribution in [0.25, 0.3) is 0 Å². The summed E-state index contributed by atoms with van der Waals surface area (Å²) in [4.78, 5) is 0. The molecule has 1 aromatic carbocycles. The van der Waals surface area contributed by atoms with E-state index >= 15 is 0 Å². The van der Waals surface area contributed by atoms with Gasteiger partial charge in [0.1, 0.15) is 11.6 Å². The van der Waals surface area contributed by atoms with Crippen molar-refractivity contribution in [2.75, 3.05) is 0 Å². The van der Waals surface area contributed by atoms with Gasteiger partial charge in [-0.25, -0.2) is 8.78 Å². The second-order valence-electron chi connectivity index (χ2n) is 2.06. The van der Waals surface area contributed by atoms with E-state index in [1.165, 1.54) is 0 Å². The maximum atomic E-state index is 13.2. The highest BCUT2D eigenvalue weighted by atomic mass is 79.9. The van der Waals surface area contributed by atoms with Gasteiger partial charge in [-0.15, -0.1) is 0 Å². The molecule has 1 aromatic rings. The van der Waals surface area contributed by atoms with Gasteiger partial charge in [0, 0.05) is 0 Å². The van der Waals surface area contributed by atoms with E-state index in [1.807, 2.05) is 0 Å². The molecule has 6 heteroatoms. The summed E-state index contributed by atoms with van der Waals surface area (Å²) in [5, 5.41) is 8.52. The van der Waals surface area contributed by atoms with Crippen molar-refractivity contribution in [1.29, 1.82) is 5.26 Å². The molecule has 68 valence electrons. The maximum absolute atomic E-state index is 13.2. The van der Waals surface area contributed by atoms with Gasteiger partial charge in [0.05, 0.1) is 13.4 Å². The smallest absolute Gasteiger partial charge is 0.157 e. The molecule has 0 aromatic heterocycles. The Hall–Kier alpha value is 0.01000. The van der Waals surface area contributed by atoms with E-state index in [-0.39, 0.29) is 19.0 Å². The molecule has 0 saturated heterocycles. The summed E-state index contributed by atoms with van der Waals surface area (Å²) in [6.45, 7) is 0. The molecule has 0 unspecified atom stereocenters. The van der Waals surface area contributed by atoms with Gasteiger partial charge in [-0.05, 0) is 47.8 Å². The number of benzene rings is 1. The van der Waals surface area contributed by atoms with Gasteiger partial charge < -0.3 is 0 Å². The Bertz CT molecular complexity index is 382. The van der Waals surface area contributed by atoms with Gasteiger partial charge in [0.2, 0.25) is 0 Å². The molecule has 0 aliphatic carbocycles. The Morgan fingerprint density at radius 3 is 1.85 bits per heavy atom. The summed E-state index contributed by atoms with van der Waals surface area (Å²) >= 11 is 8.45. The van der Waals surface area contributed by atoms with Gasteiger partial charge >= 0.3 is 0 Å². The Balaban J connectivity index is 3.69. The van der Waals surface area contributed by atoms with Gasteiger partial charge in [-0.1, -0.05) is 0 Å². The fourth-order valence-corrected chi connectivity index (χ4v) is 2.17. The summed E-state index contributed by atoms with van der Waals surface area (Å²) in [7, 11) is 0. The van der Waals surface area contributed by atoms with E-state index in [0.29, 0.717) is 0 Å². The lowest BCUT2D eigenvalue weighted by Crippen LogP contribution is -1.94. The van der Waals surface area contributed by atoms with E-state index < -0.39 is 11.6 Å². The summed E-state index contributed by atoms with van der Waals surface area (Å²) < 4.78 is 26.1. The standard InChI is InChI=1S/C7Br3F2N/c8-3-2(1-13)6(11)4(9)5(10)7(3)12. The van der Waals surface area contributed by atoms with Crippen molar-refractivity contribution in [3.05, 3.63) is 30.6 Å². The molecule has 0 radical (unpaired) electrons. The van der Waals surface area contributed by atoms with Crippen molar-refractivity contribution in [3.8, 4) is 6.07 Å². The van der Waals surface area contributed by atoms with E-state index in [2.05, 4.69) is 47.8 Å². The SMILES string of the molecule is N#Cc1c(F)c(Br)c(Br)c(F)c1Br. The Morgan fingerprint density at radius 2 is 1.38 bits per heavy atom. The molecular formula is C7Br3F2N. The lowest BCUT2D eigenvalue weighted by Gasteiger charge is -2.04. The number of hydrogen-bond donors (Lipinski definition) is 0. The van der Waals surface area contributed by atoms with Crippen LogP contribution in [0.15, 0.2) is 13.4 Å². The Morgan fingerprint density at radius 1 is 0.923 bits per heavy atom. The molecule has 1 nitrogen and oxygen atoms in total. The first-order chi connectivity index (χ1) is 6.00. The molecule has 0 atom stereocenters. The number of hydrogen-bond acceptors (Lipinski definition) is 1. The van der Waals surface area contributed by atoms with Crippen LogP contribution in [0.3, 0.4) is 0 Å². The highest BCUT2D eigenvalue weighted by Gasteiger charge is 2.20. The van der Waals surface area contributed by atoms with E-state index in [0.717, 1.165) is 0 Å². The monoisotopic (exact) mass is 373 g/mol. The highest BCUT2D eigenvalue weighted by Crippen LogP contribution is 2.36. The van der Waals surface area contributed by atoms with Crippen LogP contribution in [-0.4, -0.2) is 0 Å². The van der Waals surface area contributed by atoms with Crippen LogP contribution in [0.4, 0.5) is 8.78 Å². The van der Waals surface area contributed by atoms with Crippen LogP contribution >= 0.6 is 47.8 Å². The molecule has 0 bridgehead atoms. The average Bonchev–Trinajstić information content (AvgIpc) is 2.13. The number of rotatable bonds is 0. The minimum absolute atomic E-state index is 0.0455. The lowest BCUT2D eigenvalue weighted by molar-refractivity contribution is 0.579. The predicted molar refractivity (Wildman–Crippen MR) is 54.2 cm³/mol. The van der Waals surface area contributed by atoms with Crippen LogP contribution in [0.5, 0.6) is 0 Å². The number of nitriles is 1. The Kier molecular flexibility index (Phi) is 3.44. The van der Waals surface area contributed by atoms with E-state index in [4.69, 9.17) is 5.26 Å². The average molecular weight is 376 g/mol. The predicted octanol–water partition coefficient (Wildman–Crippen LogP) is 4.12. The van der Waals surface area contributed by atoms with E-state index in [1.54, 1.807) is 6.07 Å². The van der Waals surface area contributed by atoms with Crippen molar-refractivity contribution >= 4 is 47.8 Å². The zero-order valence-corrected chi connectivity index (χ0v) is 10.6. The summed E-state index contributed by atoms with van der Waals surface area (Å²) in [6.07, 6.45) is 0. The molecule has 0 heterocycles. The molecule has 13 heavy (non-hydrogen) atoms. The molecule has 0 amide bonds. The van der Waals surface area contributed by atoms with Crippen molar-refractivity contribution in [1.82, 2.24) is 0 Å². The number of nitrogens with zero attached hydrogens (tertiary/aromatic N) is 1. The van der Waals surface area contributed by atoms with Gasteiger partial charge in [-0.3, -0.25) is 0 Å². The fraction of sp³-hybridized carbons (Fsp3) is 0. The Labute approximate surface area is 98.1 Å². The second kappa shape index (κ2) is 4.03. The minimum atomic E-state index is -0.789. The first kappa shape index (κ1) is 11.1. The largest absolute Gasteiger partial charge is 0.204 e. The summed E-state index contributed by atoms with van der Waals surface area (Å²) in [5.74, 6) is -1.49. The molecule has 0 saturated carbocycles. The van der Waals surface area contributed by atoms with Gasteiger partial charge in [0.25, 0.3) is 0 Å². The first-order valence-corrected chi connectivity index (χ1v) is 5.30. The maximum Gasteiger partial charge on any atom is 0.157 e. The molecule has 0 aliphatic rings. The van der Waals surface area contributed by atoms with Crippen LogP contribution in [0.2, 0.25) is 0 Å². The summed E-state index contributed by atoms with van der Waals surface area (Å²) in [5.41, 5.74) is -0.354. The van der Waals surface area contributed by atoms with Crippen molar-refractivity contribution in [3.63, 3.8) is 0 Å². The molecule has 1 rings (SSSR count). The lowest BCUT2D eigenvalue weighted by atomic mass is 10.2. The second-order valence-corrected chi connectivity index (χ2v) is 4.44. The van der Waals surface area contributed by atoms with Crippen LogP contribution in [-0.2, 0) is 0 Å². The van der Waals surface area contributed by atoms with Crippen molar-refractivity contribution in [2.24, 2.45) is 0 Å². The van der Waals surface area contributed by atoms with Crippen LogP contribution in [0.1, 0.15) is 5.56 Å². The van der Waals surface area contributed by atoms with Gasteiger partial charge in [-0.2, -0.15) is 5.26 Å². The molecule has 0 N–H and O–H groups in total. The molecule has 0 spiro atoms. The zero-order valence-electron chi connectivity index (χ0n) is 5.84. The summed E-state index contributed by atoms with van der Waals surface area (Å²) in [6, 6.07) is 1.56. The molecular weight excluding hydrogens is 376 g/mol. The van der Waals surface area contributed by atoms with Gasteiger partial charge in [0.15, 0.2) is 11.6 Å². The minimum Gasteiger partial charge on any atom is -0.204 e. The highest BCUT2D eigenvalue weighted by molar-refractivity contribution is 9.13. The van der Waals surface area contributed by atoms with Crippen LogP contribution < -0.4 is 0 Å². The quantitative estimate of drug-likeness (QED) is 0.494. The third-order valence-corrected chi connectivity index (χ3v) is 4.09.